The molecule has 1 fully saturated rings. The molecule has 0 aliphatic carbocycles. The van der Waals surface area contributed by atoms with Crippen LogP contribution in [0.3, 0.4) is 0 Å². The van der Waals surface area contributed by atoms with Gasteiger partial charge < -0.3 is 19.9 Å². The molecule has 1 N–H and O–H groups in total. The van der Waals surface area contributed by atoms with Crippen LogP contribution in [-0.4, -0.2) is 63.0 Å². The van der Waals surface area contributed by atoms with E-state index >= 15 is 0 Å². The van der Waals surface area contributed by atoms with E-state index < -0.39 is 0 Å². The first-order valence-corrected chi connectivity index (χ1v) is 12.4. The molecule has 184 valence electrons. The number of aromatic nitrogens is 4. The van der Waals surface area contributed by atoms with Gasteiger partial charge in [0.05, 0.1) is 29.9 Å². The Kier molecular flexibility index (Phi) is 6.90. The van der Waals surface area contributed by atoms with Crippen molar-refractivity contribution in [1.29, 1.82) is 0 Å². The van der Waals surface area contributed by atoms with Gasteiger partial charge in [-0.3, -0.25) is 9.97 Å². The number of hydrogen-bond donors (Lipinski definition) is 1. The highest BCUT2D eigenvalue weighted by Gasteiger charge is 2.32. The van der Waals surface area contributed by atoms with Crippen LogP contribution in [0.5, 0.6) is 5.75 Å². The molecule has 0 amide bonds. The summed E-state index contributed by atoms with van der Waals surface area (Å²) in [7, 11) is 1.64. The lowest BCUT2D eigenvalue weighted by molar-refractivity contribution is 0.227. The number of fused-ring (bicyclic) bond motifs is 1. The van der Waals surface area contributed by atoms with Gasteiger partial charge in [-0.2, -0.15) is 0 Å². The molecule has 1 aliphatic heterocycles. The van der Waals surface area contributed by atoms with E-state index in [2.05, 4.69) is 55.2 Å². The van der Waals surface area contributed by atoms with Gasteiger partial charge in [-0.05, 0) is 60.6 Å². The Morgan fingerprint density at radius 2 is 1.94 bits per heavy atom. The average Bonchev–Trinajstić information content (AvgIpc) is 2.93. The normalized spacial score (nSPS) is 15.8. The number of thiocarbonyl (C=S) groups is 1. The van der Waals surface area contributed by atoms with E-state index in [1.54, 1.807) is 25.7 Å². The van der Waals surface area contributed by atoms with E-state index in [1.807, 2.05) is 42.5 Å². The quantitative estimate of drug-likeness (QED) is 0.395. The van der Waals surface area contributed by atoms with Gasteiger partial charge in [0.25, 0.3) is 0 Å². The van der Waals surface area contributed by atoms with Crippen LogP contribution < -0.4 is 15.0 Å². The summed E-state index contributed by atoms with van der Waals surface area (Å²) in [6.45, 7) is 6.86. The highest BCUT2D eigenvalue weighted by Crippen LogP contribution is 2.29. The molecule has 1 atom stereocenters. The third-order valence-electron chi connectivity index (χ3n) is 6.59. The van der Waals surface area contributed by atoms with Gasteiger partial charge in [0.2, 0.25) is 0 Å². The third kappa shape index (κ3) is 4.79. The van der Waals surface area contributed by atoms with E-state index in [1.165, 1.54) is 0 Å². The van der Waals surface area contributed by atoms with Crippen molar-refractivity contribution in [1.82, 2.24) is 25.1 Å². The molecule has 0 saturated carbocycles. The van der Waals surface area contributed by atoms with Crippen molar-refractivity contribution in [3.63, 3.8) is 0 Å². The number of benzene rings is 1. The summed E-state index contributed by atoms with van der Waals surface area (Å²) < 4.78 is 5.44. The number of nitrogens with one attached hydrogen (secondary N) is 1. The molecule has 3 aromatic heterocycles. The number of pyridine rings is 2. The highest BCUT2D eigenvalue weighted by molar-refractivity contribution is 7.80. The summed E-state index contributed by atoms with van der Waals surface area (Å²) in [4.78, 5) is 13.2. The van der Waals surface area contributed by atoms with Gasteiger partial charge in [0.1, 0.15) is 5.75 Å². The van der Waals surface area contributed by atoms with Crippen molar-refractivity contribution in [3.8, 4) is 17.0 Å². The van der Waals surface area contributed by atoms with Crippen LogP contribution in [0.1, 0.15) is 13.8 Å². The molecule has 0 radical (unpaired) electrons. The minimum atomic E-state index is 0.228. The van der Waals surface area contributed by atoms with Crippen molar-refractivity contribution >= 4 is 39.7 Å². The second-order valence-corrected chi connectivity index (χ2v) is 9.50. The minimum Gasteiger partial charge on any atom is -0.496 e. The molecule has 1 saturated heterocycles. The molecule has 4 aromatic rings. The van der Waals surface area contributed by atoms with Crippen LogP contribution in [-0.2, 0) is 0 Å². The highest BCUT2D eigenvalue weighted by atomic mass is 32.1. The van der Waals surface area contributed by atoms with Crippen molar-refractivity contribution < 1.29 is 4.74 Å². The zero-order valence-corrected chi connectivity index (χ0v) is 21.4. The lowest BCUT2D eigenvalue weighted by atomic mass is 10.00. The predicted molar refractivity (Wildman–Crippen MR) is 147 cm³/mol. The lowest BCUT2D eigenvalue weighted by Crippen LogP contribution is -2.58. The summed E-state index contributed by atoms with van der Waals surface area (Å²) in [5.41, 5.74) is 3.48. The van der Waals surface area contributed by atoms with Crippen LogP contribution in [0.2, 0.25) is 0 Å². The Hall–Kier alpha value is -3.85. The fourth-order valence-electron chi connectivity index (χ4n) is 4.63. The molecule has 4 heterocycles. The Morgan fingerprint density at radius 3 is 2.72 bits per heavy atom. The predicted octanol–water partition coefficient (Wildman–Crippen LogP) is 4.64. The summed E-state index contributed by atoms with van der Waals surface area (Å²) in [6, 6.07) is 16.1. The van der Waals surface area contributed by atoms with Crippen LogP contribution in [0.25, 0.3) is 22.2 Å². The van der Waals surface area contributed by atoms with Crippen molar-refractivity contribution in [2.24, 2.45) is 5.92 Å². The number of hydrogen-bond acceptors (Lipinski definition) is 7. The van der Waals surface area contributed by atoms with Crippen LogP contribution in [0, 0.1) is 5.92 Å². The van der Waals surface area contributed by atoms with Gasteiger partial charge >= 0.3 is 0 Å². The van der Waals surface area contributed by atoms with Crippen molar-refractivity contribution in [3.05, 3.63) is 67.1 Å². The number of anilines is 2. The molecular weight excluding hydrogens is 470 g/mol. The van der Waals surface area contributed by atoms with E-state index in [0.29, 0.717) is 5.92 Å². The second-order valence-electron chi connectivity index (χ2n) is 9.11. The van der Waals surface area contributed by atoms with Crippen LogP contribution in [0.4, 0.5) is 11.5 Å². The topological polar surface area (TPSA) is 79.3 Å². The number of piperazine rings is 1. The smallest absolute Gasteiger partial charge is 0.173 e. The molecule has 36 heavy (non-hydrogen) atoms. The van der Waals surface area contributed by atoms with Crippen LogP contribution in [0.15, 0.2) is 67.1 Å². The van der Waals surface area contributed by atoms with E-state index in [4.69, 9.17) is 17.0 Å². The Bertz CT molecular complexity index is 1360. The van der Waals surface area contributed by atoms with Gasteiger partial charge in [0, 0.05) is 49.3 Å². The second kappa shape index (κ2) is 10.4. The van der Waals surface area contributed by atoms with E-state index in [0.717, 1.165) is 64.2 Å². The Balaban J connectivity index is 1.31. The molecular formula is C27H29N7OS. The number of nitrogens with zero attached hydrogens (tertiary/aromatic N) is 6. The van der Waals surface area contributed by atoms with Gasteiger partial charge in [-0.1, -0.05) is 19.9 Å². The fourth-order valence-corrected chi connectivity index (χ4v) is 4.97. The average molecular weight is 500 g/mol. The van der Waals surface area contributed by atoms with Crippen molar-refractivity contribution in [2.75, 3.05) is 37.0 Å². The fraction of sp³-hybridized carbons (Fsp3) is 0.296. The van der Waals surface area contributed by atoms with Gasteiger partial charge in [-0.15, -0.1) is 10.2 Å². The summed E-state index contributed by atoms with van der Waals surface area (Å²) in [5, 5.41) is 14.3. The molecule has 1 aliphatic rings. The molecule has 9 heteroatoms. The maximum Gasteiger partial charge on any atom is 0.173 e. The molecule has 8 nitrogen and oxygen atoms in total. The Labute approximate surface area is 216 Å². The number of rotatable bonds is 5. The van der Waals surface area contributed by atoms with Gasteiger partial charge in [0.15, 0.2) is 10.9 Å². The third-order valence-corrected chi connectivity index (χ3v) is 6.92. The monoisotopic (exact) mass is 499 g/mol. The SMILES string of the molecule is COc1ccncc1-c1ccc(N2CCN(C(=S)Nc3cccc4ncccc34)C(C(C)C)C2)nn1. The maximum absolute atomic E-state index is 5.90. The first-order valence-electron chi connectivity index (χ1n) is 12.0. The molecule has 0 bridgehead atoms. The zero-order chi connectivity index (χ0) is 25.1. The first kappa shape index (κ1) is 23.9. The van der Waals surface area contributed by atoms with E-state index in [-0.39, 0.29) is 6.04 Å². The van der Waals surface area contributed by atoms with Crippen LogP contribution >= 0.6 is 12.2 Å². The Morgan fingerprint density at radius 1 is 1.06 bits per heavy atom. The molecule has 1 aromatic carbocycles. The van der Waals surface area contributed by atoms with Gasteiger partial charge in [-0.25, -0.2) is 0 Å². The van der Waals surface area contributed by atoms with Crippen molar-refractivity contribution in [2.45, 2.75) is 19.9 Å². The molecule has 5 rings (SSSR count). The number of ether oxygens (including phenoxy) is 1. The maximum atomic E-state index is 5.90. The largest absolute Gasteiger partial charge is 0.496 e. The molecule has 0 spiro atoms. The summed E-state index contributed by atoms with van der Waals surface area (Å²) in [6.07, 6.45) is 5.25. The summed E-state index contributed by atoms with van der Waals surface area (Å²) in [5.74, 6) is 1.98. The lowest BCUT2D eigenvalue weighted by Gasteiger charge is -2.45. The minimum absolute atomic E-state index is 0.228. The van der Waals surface area contributed by atoms with E-state index in [9.17, 15) is 0 Å². The standard InChI is InChI=1S/C27H29N7OS/c1-18(2)24-17-33(26-10-9-23(31-32-26)20-16-28-13-11-25(20)35-3)14-15-34(24)27(36)30-22-8-4-7-21-19(22)6-5-12-29-21/h4-13,16,18,24H,14-15,17H2,1-3H3,(H,30,36). The number of methoxy groups -OCH3 is 1. The summed E-state index contributed by atoms with van der Waals surface area (Å²) >= 11 is 5.90. The zero-order valence-electron chi connectivity index (χ0n) is 20.6. The first-order chi connectivity index (χ1) is 17.5. The molecule has 1 unspecified atom stereocenters.